The molecule has 19 heavy (non-hydrogen) atoms. The van der Waals surface area contributed by atoms with E-state index in [-0.39, 0.29) is 11.3 Å². The van der Waals surface area contributed by atoms with E-state index < -0.39 is 0 Å². The van der Waals surface area contributed by atoms with Crippen LogP contribution in [0.2, 0.25) is 0 Å². The number of nitrogens with one attached hydrogen (secondary N) is 1. The van der Waals surface area contributed by atoms with Gasteiger partial charge in [-0.25, -0.2) is 0 Å². The van der Waals surface area contributed by atoms with E-state index in [9.17, 15) is 9.90 Å². The molecule has 0 spiro atoms. The molecule has 2 rings (SSSR count). The summed E-state index contributed by atoms with van der Waals surface area (Å²) in [6, 6.07) is 8.71. The maximum atomic E-state index is 11.9. The first-order valence-electron chi connectivity index (χ1n) is 6.22. The van der Waals surface area contributed by atoms with Crippen LogP contribution < -0.4 is 10.9 Å². The first-order valence-corrected chi connectivity index (χ1v) is 6.22. The summed E-state index contributed by atoms with van der Waals surface area (Å²) >= 11 is 0. The highest BCUT2D eigenvalue weighted by Gasteiger charge is 2.10. The van der Waals surface area contributed by atoms with Gasteiger partial charge in [0.25, 0.3) is 5.56 Å². The molecule has 0 radical (unpaired) electrons. The Morgan fingerprint density at radius 3 is 2.79 bits per heavy atom. The molecule has 5 heteroatoms. The lowest BCUT2D eigenvalue weighted by Gasteiger charge is -2.10. The molecular formula is C14H17N3O2. The molecule has 0 aliphatic heterocycles. The summed E-state index contributed by atoms with van der Waals surface area (Å²) < 4.78 is 1.32. The van der Waals surface area contributed by atoms with Crippen LogP contribution in [-0.2, 0) is 6.54 Å². The van der Waals surface area contributed by atoms with Crippen LogP contribution in [0.4, 0.5) is 0 Å². The van der Waals surface area contributed by atoms with Gasteiger partial charge < -0.3 is 10.4 Å². The van der Waals surface area contributed by atoms with Crippen molar-refractivity contribution in [1.82, 2.24) is 15.1 Å². The number of aromatic nitrogens is 2. The highest BCUT2D eigenvalue weighted by Crippen LogP contribution is 2.14. The van der Waals surface area contributed by atoms with Crippen LogP contribution in [-0.4, -0.2) is 21.4 Å². The normalized spacial score (nSPS) is 10.6. The lowest BCUT2D eigenvalue weighted by Crippen LogP contribution is -2.24. The summed E-state index contributed by atoms with van der Waals surface area (Å²) in [6.45, 7) is 5.08. The van der Waals surface area contributed by atoms with Crippen LogP contribution in [0.3, 0.4) is 0 Å². The van der Waals surface area contributed by atoms with Crippen molar-refractivity contribution in [3.63, 3.8) is 0 Å². The van der Waals surface area contributed by atoms with E-state index in [0.29, 0.717) is 12.2 Å². The monoisotopic (exact) mass is 259 g/mol. The van der Waals surface area contributed by atoms with Crippen LogP contribution in [0.1, 0.15) is 18.2 Å². The predicted molar refractivity (Wildman–Crippen MR) is 73.6 cm³/mol. The topological polar surface area (TPSA) is 67.2 Å². The Morgan fingerprint density at radius 2 is 2.11 bits per heavy atom. The molecule has 1 aromatic carbocycles. The van der Waals surface area contributed by atoms with Gasteiger partial charge in [0.1, 0.15) is 11.4 Å². The highest BCUT2D eigenvalue weighted by atomic mass is 16.3. The third-order valence-corrected chi connectivity index (χ3v) is 2.87. The van der Waals surface area contributed by atoms with Crippen LogP contribution in [0.15, 0.2) is 35.1 Å². The zero-order chi connectivity index (χ0) is 13.8. The summed E-state index contributed by atoms with van der Waals surface area (Å²) in [6.07, 6.45) is 0. The highest BCUT2D eigenvalue weighted by molar-refractivity contribution is 5.40. The summed E-state index contributed by atoms with van der Waals surface area (Å²) in [7, 11) is 0. The van der Waals surface area contributed by atoms with E-state index in [1.54, 1.807) is 0 Å². The fourth-order valence-corrected chi connectivity index (χ4v) is 1.83. The molecule has 0 amide bonds. The third kappa shape index (κ3) is 2.82. The summed E-state index contributed by atoms with van der Waals surface area (Å²) in [4.78, 5) is 11.9. The van der Waals surface area contributed by atoms with Gasteiger partial charge in [-0.2, -0.15) is 9.78 Å². The predicted octanol–water partition coefficient (Wildman–Crippen LogP) is 1.36. The standard InChI is InChI=1S/C14H17N3O2/c1-3-15-9-11-13(18)8-14(19)17(16-11)12-7-5-4-6-10(12)2/h4-8,15,18H,3,9H2,1-2H3. The molecule has 5 nitrogen and oxygen atoms in total. The van der Waals surface area contributed by atoms with Crippen LogP contribution in [0, 0.1) is 6.92 Å². The smallest absolute Gasteiger partial charge is 0.275 e. The van der Waals surface area contributed by atoms with Crippen LogP contribution in [0.5, 0.6) is 5.75 Å². The van der Waals surface area contributed by atoms with E-state index in [0.717, 1.165) is 17.8 Å². The Hall–Kier alpha value is -2.14. The molecule has 0 fully saturated rings. The average Bonchev–Trinajstić information content (AvgIpc) is 2.39. The molecule has 0 aliphatic carbocycles. The molecular weight excluding hydrogens is 242 g/mol. The molecule has 2 N–H and O–H groups in total. The van der Waals surface area contributed by atoms with Crippen LogP contribution in [0.25, 0.3) is 5.69 Å². The Balaban J connectivity index is 2.52. The molecule has 0 saturated carbocycles. The summed E-state index contributed by atoms with van der Waals surface area (Å²) in [5, 5.41) is 17.1. The molecule has 0 bridgehead atoms. The van der Waals surface area contributed by atoms with Crippen molar-refractivity contribution in [2.75, 3.05) is 6.54 Å². The van der Waals surface area contributed by atoms with Crippen molar-refractivity contribution in [2.45, 2.75) is 20.4 Å². The number of rotatable bonds is 4. The number of para-hydroxylation sites is 1. The summed E-state index contributed by atoms with van der Waals surface area (Å²) in [5.41, 5.74) is 1.80. The summed E-state index contributed by atoms with van der Waals surface area (Å²) in [5.74, 6) is -0.0733. The van der Waals surface area contributed by atoms with E-state index in [4.69, 9.17) is 0 Å². The van der Waals surface area contributed by atoms with Crippen molar-refractivity contribution < 1.29 is 5.11 Å². The van der Waals surface area contributed by atoms with Crippen molar-refractivity contribution in [3.8, 4) is 11.4 Å². The number of nitrogens with zero attached hydrogens (tertiary/aromatic N) is 2. The van der Waals surface area contributed by atoms with E-state index >= 15 is 0 Å². The number of hydrogen-bond donors (Lipinski definition) is 2. The minimum Gasteiger partial charge on any atom is -0.506 e. The SMILES string of the molecule is CCNCc1nn(-c2ccccc2C)c(=O)cc1O. The number of aryl methyl sites for hydroxylation is 1. The molecule has 100 valence electrons. The van der Waals surface area contributed by atoms with Crippen molar-refractivity contribution >= 4 is 0 Å². The Labute approximate surface area is 111 Å². The fourth-order valence-electron chi connectivity index (χ4n) is 1.83. The van der Waals surface area contributed by atoms with Gasteiger partial charge in [-0.15, -0.1) is 0 Å². The van der Waals surface area contributed by atoms with Crippen LogP contribution >= 0.6 is 0 Å². The minimum absolute atomic E-state index is 0.0733. The second-order valence-electron chi connectivity index (χ2n) is 4.29. The second kappa shape index (κ2) is 5.67. The quantitative estimate of drug-likeness (QED) is 0.870. The Bertz CT molecular complexity index is 635. The fraction of sp³-hybridized carbons (Fsp3) is 0.286. The Morgan fingerprint density at radius 1 is 1.37 bits per heavy atom. The van der Waals surface area contributed by atoms with Gasteiger partial charge in [-0.1, -0.05) is 25.1 Å². The number of benzene rings is 1. The molecule has 2 aromatic rings. The molecule has 1 aromatic heterocycles. The average molecular weight is 259 g/mol. The van der Waals surface area contributed by atoms with Crippen molar-refractivity contribution in [1.29, 1.82) is 0 Å². The van der Waals surface area contributed by atoms with Crippen molar-refractivity contribution in [3.05, 3.63) is 51.9 Å². The van der Waals surface area contributed by atoms with Gasteiger partial charge >= 0.3 is 0 Å². The first kappa shape index (κ1) is 13.3. The van der Waals surface area contributed by atoms with E-state index in [2.05, 4.69) is 10.4 Å². The minimum atomic E-state index is -0.341. The van der Waals surface area contributed by atoms with Gasteiger partial charge in [-0.05, 0) is 25.1 Å². The van der Waals surface area contributed by atoms with Crippen molar-refractivity contribution in [2.24, 2.45) is 0 Å². The van der Waals surface area contributed by atoms with Gasteiger partial charge in [0.05, 0.1) is 5.69 Å². The van der Waals surface area contributed by atoms with Gasteiger partial charge in [0.2, 0.25) is 0 Å². The zero-order valence-corrected chi connectivity index (χ0v) is 11.1. The van der Waals surface area contributed by atoms with E-state index in [1.807, 2.05) is 38.1 Å². The van der Waals surface area contributed by atoms with E-state index in [1.165, 1.54) is 10.7 Å². The maximum Gasteiger partial charge on any atom is 0.275 e. The second-order valence-corrected chi connectivity index (χ2v) is 4.29. The van der Waals surface area contributed by atoms with Gasteiger partial charge in [0.15, 0.2) is 0 Å². The molecule has 1 heterocycles. The Kier molecular flexibility index (Phi) is 3.97. The third-order valence-electron chi connectivity index (χ3n) is 2.87. The van der Waals surface area contributed by atoms with Gasteiger partial charge in [0, 0.05) is 12.6 Å². The van der Waals surface area contributed by atoms with Gasteiger partial charge in [-0.3, -0.25) is 4.79 Å². The maximum absolute atomic E-state index is 11.9. The molecule has 0 atom stereocenters. The number of aromatic hydroxyl groups is 1. The molecule has 0 unspecified atom stereocenters. The largest absolute Gasteiger partial charge is 0.506 e. The zero-order valence-electron chi connectivity index (χ0n) is 11.1. The lowest BCUT2D eigenvalue weighted by molar-refractivity contribution is 0.452. The molecule has 0 aliphatic rings. The lowest BCUT2D eigenvalue weighted by atomic mass is 10.2. The molecule has 0 saturated heterocycles. The number of hydrogen-bond acceptors (Lipinski definition) is 4. The first-order chi connectivity index (χ1) is 9.13.